The van der Waals surface area contributed by atoms with Gasteiger partial charge < -0.3 is 9.47 Å². The molecule has 0 heterocycles. The Balaban J connectivity index is 1.64. The Morgan fingerprint density at radius 3 is 1.88 bits per heavy atom. The zero-order valence-electron chi connectivity index (χ0n) is 16.8. The molecule has 0 saturated heterocycles. The van der Waals surface area contributed by atoms with Gasteiger partial charge in [0.25, 0.3) is 0 Å². The second-order valence-corrected chi connectivity index (χ2v) is 8.54. The highest BCUT2D eigenvalue weighted by molar-refractivity contribution is 4.85. The van der Waals surface area contributed by atoms with Crippen LogP contribution in [0.3, 0.4) is 0 Å². The third-order valence-corrected chi connectivity index (χ3v) is 6.85. The fourth-order valence-corrected chi connectivity index (χ4v) is 4.85. The molecule has 2 fully saturated rings. The third-order valence-electron chi connectivity index (χ3n) is 6.85. The number of unbranched alkanes of at least 4 members (excludes halogenated alkanes) is 2. The van der Waals surface area contributed by atoms with Gasteiger partial charge in [-0.2, -0.15) is 0 Å². The summed E-state index contributed by atoms with van der Waals surface area (Å²) >= 11 is 0. The van der Waals surface area contributed by atoms with Crippen LogP contribution >= 0.6 is 0 Å². The Labute approximate surface area is 151 Å². The lowest BCUT2D eigenvalue weighted by Crippen LogP contribution is -2.41. The van der Waals surface area contributed by atoms with Gasteiger partial charge in [-0.1, -0.05) is 59.3 Å². The first kappa shape index (κ1) is 20.2. The number of hydrogen-bond acceptors (Lipinski definition) is 2. The van der Waals surface area contributed by atoms with Gasteiger partial charge in [0.2, 0.25) is 0 Å². The van der Waals surface area contributed by atoms with Gasteiger partial charge in [-0.05, 0) is 56.3 Å². The van der Waals surface area contributed by atoms with E-state index < -0.39 is 0 Å². The van der Waals surface area contributed by atoms with Crippen molar-refractivity contribution in [1.82, 2.24) is 0 Å². The standard InChI is InChI=1S/C22H42O2/c1-5-7-8-9-19-10-12-20(13-11-19)16-24-22-15-14-21(23-6-2)17(3)18(22)4/h17-22H,5-16H2,1-4H3. The van der Waals surface area contributed by atoms with E-state index in [1.807, 2.05) is 0 Å². The van der Waals surface area contributed by atoms with E-state index in [0.29, 0.717) is 24.0 Å². The summed E-state index contributed by atoms with van der Waals surface area (Å²) in [6, 6.07) is 0. The first-order valence-electron chi connectivity index (χ1n) is 10.9. The highest BCUT2D eigenvalue weighted by atomic mass is 16.5. The van der Waals surface area contributed by atoms with Crippen molar-refractivity contribution in [2.75, 3.05) is 13.2 Å². The van der Waals surface area contributed by atoms with Crippen LogP contribution < -0.4 is 0 Å². The highest BCUT2D eigenvalue weighted by Crippen LogP contribution is 2.36. The molecule has 0 aromatic carbocycles. The van der Waals surface area contributed by atoms with Crippen molar-refractivity contribution < 1.29 is 9.47 Å². The molecule has 0 radical (unpaired) electrons. The van der Waals surface area contributed by atoms with Crippen molar-refractivity contribution in [3.63, 3.8) is 0 Å². The molecule has 0 spiro atoms. The maximum atomic E-state index is 6.41. The van der Waals surface area contributed by atoms with Gasteiger partial charge in [-0.3, -0.25) is 0 Å². The van der Waals surface area contributed by atoms with Gasteiger partial charge >= 0.3 is 0 Å². The van der Waals surface area contributed by atoms with E-state index in [4.69, 9.17) is 9.47 Å². The smallest absolute Gasteiger partial charge is 0.0605 e. The van der Waals surface area contributed by atoms with E-state index in [1.54, 1.807) is 0 Å². The molecule has 0 bridgehead atoms. The minimum atomic E-state index is 0.448. The summed E-state index contributed by atoms with van der Waals surface area (Å²) in [6.45, 7) is 11.0. The van der Waals surface area contributed by atoms with Crippen LogP contribution in [0.4, 0.5) is 0 Å². The minimum Gasteiger partial charge on any atom is -0.378 e. The van der Waals surface area contributed by atoms with Gasteiger partial charge in [0, 0.05) is 13.2 Å². The lowest BCUT2D eigenvalue weighted by atomic mass is 9.77. The molecule has 0 aromatic heterocycles. The van der Waals surface area contributed by atoms with E-state index in [1.165, 1.54) is 64.2 Å². The van der Waals surface area contributed by atoms with Gasteiger partial charge in [0.15, 0.2) is 0 Å². The first-order chi connectivity index (χ1) is 11.7. The molecule has 2 nitrogen and oxygen atoms in total. The quantitative estimate of drug-likeness (QED) is 0.464. The van der Waals surface area contributed by atoms with Crippen LogP contribution in [0.2, 0.25) is 0 Å². The molecule has 2 aliphatic rings. The van der Waals surface area contributed by atoms with Crippen LogP contribution in [0.1, 0.15) is 91.9 Å². The Hall–Kier alpha value is -0.0800. The lowest BCUT2D eigenvalue weighted by Gasteiger charge is -2.40. The highest BCUT2D eigenvalue weighted by Gasteiger charge is 2.35. The van der Waals surface area contributed by atoms with E-state index in [-0.39, 0.29) is 0 Å². The van der Waals surface area contributed by atoms with Crippen LogP contribution in [0, 0.1) is 23.7 Å². The molecule has 2 saturated carbocycles. The van der Waals surface area contributed by atoms with Gasteiger partial charge in [-0.25, -0.2) is 0 Å². The first-order valence-corrected chi connectivity index (χ1v) is 10.9. The second kappa shape index (κ2) is 10.8. The fraction of sp³-hybridized carbons (Fsp3) is 1.00. The molecule has 0 N–H and O–H groups in total. The van der Waals surface area contributed by atoms with Crippen LogP contribution in [-0.2, 0) is 9.47 Å². The number of rotatable bonds is 9. The summed E-state index contributed by atoms with van der Waals surface area (Å²) in [4.78, 5) is 0. The Kier molecular flexibility index (Phi) is 9.11. The maximum absolute atomic E-state index is 6.41. The molecule has 2 heteroatoms. The van der Waals surface area contributed by atoms with Crippen LogP contribution in [0.5, 0.6) is 0 Å². The fourth-order valence-electron chi connectivity index (χ4n) is 4.85. The molecule has 2 aliphatic carbocycles. The lowest BCUT2D eigenvalue weighted by molar-refractivity contribution is -0.0970. The molecule has 0 aliphatic heterocycles. The van der Waals surface area contributed by atoms with Crippen LogP contribution in [0.15, 0.2) is 0 Å². The molecular formula is C22H42O2. The van der Waals surface area contributed by atoms with E-state index in [2.05, 4.69) is 27.7 Å². The van der Waals surface area contributed by atoms with Crippen molar-refractivity contribution in [2.24, 2.45) is 23.7 Å². The Morgan fingerprint density at radius 2 is 1.29 bits per heavy atom. The van der Waals surface area contributed by atoms with E-state index >= 15 is 0 Å². The zero-order valence-corrected chi connectivity index (χ0v) is 16.8. The Bertz CT molecular complexity index is 322. The van der Waals surface area contributed by atoms with Crippen molar-refractivity contribution >= 4 is 0 Å². The summed E-state index contributed by atoms with van der Waals surface area (Å²) in [6.07, 6.45) is 14.6. The van der Waals surface area contributed by atoms with Crippen molar-refractivity contribution in [3.8, 4) is 0 Å². The summed E-state index contributed by atoms with van der Waals surface area (Å²) in [5, 5.41) is 0. The molecule has 0 aromatic rings. The van der Waals surface area contributed by atoms with Crippen molar-refractivity contribution in [1.29, 1.82) is 0 Å². The van der Waals surface area contributed by atoms with Crippen molar-refractivity contribution in [3.05, 3.63) is 0 Å². The third kappa shape index (κ3) is 6.02. The largest absolute Gasteiger partial charge is 0.378 e. The predicted molar refractivity (Wildman–Crippen MR) is 102 cm³/mol. The minimum absolute atomic E-state index is 0.448. The summed E-state index contributed by atoms with van der Waals surface area (Å²) in [7, 11) is 0. The second-order valence-electron chi connectivity index (χ2n) is 8.54. The van der Waals surface area contributed by atoms with Crippen molar-refractivity contribution in [2.45, 2.75) is 104 Å². The summed E-state index contributed by atoms with van der Waals surface area (Å²) < 4.78 is 12.3. The monoisotopic (exact) mass is 338 g/mol. The van der Waals surface area contributed by atoms with E-state index in [9.17, 15) is 0 Å². The summed E-state index contributed by atoms with van der Waals surface area (Å²) in [5.74, 6) is 3.08. The zero-order chi connectivity index (χ0) is 17.4. The summed E-state index contributed by atoms with van der Waals surface area (Å²) in [5.41, 5.74) is 0. The Morgan fingerprint density at radius 1 is 0.708 bits per heavy atom. The van der Waals surface area contributed by atoms with Gasteiger partial charge in [-0.15, -0.1) is 0 Å². The normalized spacial score (nSPS) is 37.5. The number of hydrogen-bond donors (Lipinski definition) is 0. The molecule has 4 unspecified atom stereocenters. The van der Waals surface area contributed by atoms with Crippen LogP contribution in [-0.4, -0.2) is 25.4 Å². The predicted octanol–water partition coefficient (Wildman–Crippen LogP) is 6.23. The molecular weight excluding hydrogens is 296 g/mol. The topological polar surface area (TPSA) is 18.5 Å². The average Bonchev–Trinajstić information content (AvgIpc) is 2.60. The van der Waals surface area contributed by atoms with Gasteiger partial charge in [0.1, 0.15) is 0 Å². The SMILES string of the molecule is CCCCCC1CCC(COC2CCC(OCC)C(C)C2C)CC1. The maximum Gasteiger partial charge on any atom is 0.0605 e. The molecule has 0 amide bonds. The van der Waals surface area contributed by atoms with E-state index in [0.717, 1.165) is 25.0 Å². The average molecular weight is 339 g/mol. The molecule has 142 valence electrons. The molecule has 24 heavy (non-hydrogen) atoms. The molecule has 4 atom stereocenters. The number of ether oxygens (including phenoxy) is 2. The van der Waals surface area contributed by atoms with Gasteiger partial charge in [0.05, 0.1) is 12.2 Å². The molecule has 2 rings (SSSR count). The van der Waals surface area contributed by atoms with Crippen LogP contribution in [0.25, 0.3) is 0 Å².